The number of anilines is 1. The lowest BCUT2D eigenvalue weighted by Crippen LogP contribution is -2.39. The smallest absolute Gasteiger partial charge is 0.340 e. The van der Waals surface area contributed by atoms with E-state index in [2.05, 4.69) is 5.32 Å². The largest absolute Gasteiger partial charge is 0.495 e. The Hall–Kier alpha value is -4.09. The Morgan fingerprint density at radius 1 is 1.02 bits per heavy atom. The number of carbonyl (C=O) groups excluding carboxylic acids is 2. The molecule has 3 aromatic rings. The molecule has 0 bridgehead atoms. The molecule has 2 amide bonds. The highest BCUT2D eigenvalue weighted by Gasteiger charge is 2.26. The predicted octanol–water partition coefficient (Wildman–Crippen LogP) is 5.63. The molecule has 0 saturated carbocycles. The van der Waals surface area contributed by atoms with E-state index in [9.17, 15) is 18.0 Å². The number of ether oxygens (including phenoxy) is 3. The van der Waals surface area contributed by atoms with E-state index >= 15 is 0 Å². The molecule has 1 heterocycles. The molecule has 224 valence electrons. The predicted molar refractivity (Wildman–Crippen MR) is 157 cm³/mol. The van der Waals surface area contributed by atoms with E-state index < -0.39 is 16.1 Å². The van der Waals surface area contributed by atoms with Gasteiger partial charge in [-0.05, 0) is 61.2 Å². The Kier molecular flexibility index (Phi) is 10.8. The van der Waals surface area contributed by atoms with Gasteiger partial charge in [0.25, 0.3) is 0 Å². The van der Waals surface area contributed by atoms with Gasteiger partial charge in [0.2, 0.25) is 0 Å². The van der Waals surface area contributed by atoms with Crippen LogP contribution in [0.3, 0.4) is 0 Å². The number of nitrogens with zero attached hydrogens (tertiary/aromatic N) is 1. The first-order valence-electron chi connectivity index (χ1n) is 13.9. The number of nitrogens with one attached hydrogen (secondary N) is 1. The fourth-order valence-corrected chi connectivity index (χ4v) is 5.60. The summed E-state index contributed by atoms with van der Waals surface area (Å²) in [6.45, 7) is 3.46. The summed E-state index contributed by atoms with van der Waals surface area (Å²) < 4.78 is 47.9. The Balaban J connectivity index is 1.47. The van der Waals surface area contributed by atoms with Crippen LogP contribution in [0.1, 0.15) is 48.5 Å². The van der Waals surface area contributed by atoms with Gasteiger partial charge >= 0.3 is 22.1 Å². The van der Waals surface area contributed by atoms with Gasteiger partial charge in [-0.15, -0.1) is 0 Å². The van der Waals surface area contributed by atoms with Gasteiger partial charge in [-0.2, -0.15) is 8.42 Å². The lowest BCUT2D eigenvalue weighted by Gasteiger charge is -2.26. The molecule has 10 nitrogen and oxygen atoms in total. The minimum atomic E-state index is -4.33. The van der Waals surface area contributed by atoms with E-state index in [1.54, 1.807) is 35.2 Å². The summed E-state index contributed by atoms with van der Waals surface area (Å²) in [5.74, 6) is -0.113. The number of amides is 2. The van der Waals surface area contributed by atoms with Crippen molar-refractivity contribution < 1.29 is 36.4 Å². The van der Waals surface area contributed by atoms with Gasteiger partial charge in [0.1, 0.15) is 16.4 Å². The van der Waals surface area contributed by atoms with Crippen molar-refractivity contribution in [3.63, 3.8) is 0 Å². The van der Waals surface area contributed by atoms with Crippen molar-refractivity contribution in [2.75, 3.05) is 32.2 Å². The molecule has 0 radical (unpaired) electrons. The van der Waals surface area contributed by atoms with Crippen molar-refractivity contribution in [2.45, 2.75) is 50.2 Å². The highest BCUT2D eigenvalue weighted by Crippen LogP contribution is 2.26. The number of carbonyl (C=O) groups is 2. The third-order valence-corrected chi connectivity index (χ3v) is 8.00. The third kappa shape index (κ3) is 8.23. The molecule has 1 N–H and O–H groups in total. The van der Waals surface area contributed by atoms with Crippen LogP contribution in [-0.2, 0) is 26.1 Å². The topological polar surface area (TPSA) is 120 Å². The number of hydrogen-bond donors (Lipinski definition) is 1. The number of unbranched alkanes of at least 4 members (excludes halogenated alkanes) is 1. The minimum Gasteiger partial charge on any atom is -0.495 e. The zero-order valence-corrected chi connectivity index (χ0v) is 24.6. The van der Waals surface area contributed by atoms with E-state index in [0.29, 0.717) is 31.0 Å². The van der Waals surface area contributed by atoms with E-state index in [-0.39, 0.29) is 41.5 Å². The number of hydrogen-bond acceptors (Lipinski definition) is 8. The average Bonchev–Trinajstić information content (AvgIpc) is 3.51. The van der Waals surface area contributed by atoms with Crippen molar-refractivity contribution >= 4 is 27.8 Å². The van der Waals surface area contributed by atoms with Crippen LogP contribution in [0.2, 0.25) is 0 Å². The second-order valence-electron chi connectivity index (χ2n) is 9.81. The molecular formula is C31H36N2O8S. The molecule has 1 saturated heterocycles. The number of esters is 1. The molecule has 1 atom stereocenters. The fourth-order valence-electron chi connectivity index (χ4n) is 4.48. The monoisotopic (exact) mass is 596 g/mol. The van der Waals surface area contributed by atoms with Crippen molar-refractivity contribution in [2.24, 2.45) is 0 Å². The maximum absolute atomic E-state index is 13.3. The summed E-state index contributed by atoms with van der Waals surface area (Å²) in [5, 5.41) is 2.91. The molecule has 3 aromatic carbocycles. The van der Waals surface area contributed by atoms with Crippen LogP contribution in [0.15, 0.2) is 77.7 Å². The fraction of sp³-hybridized carbons (Fsp3) is 0.355. The van der Waals surface area contributed by atoms with Gasteiger partial charge in [-0.3, -0.25) is 0 Å². The summed E-state index contributed by atoms with van der Waals surface area (Å²) in [5.41, 5.74) is 1.22. The standard InChI is InChI=1S/C31H36N2O8S/c1-3-4-19-40-30(34)26-11-5-8-14-29(26)42(36,37)41-24-17-15-23(16-18-24)21-33(22-25-10-9-20-39-25)31(35)32-27-12-6-7-13-28(27)38-2/h5-8,11-18,25H,3-4,9-10,19-22H2,1-2H3,(H,32,35). The Bertz CT molecular complexity index is 1450. The van der Waals surface area contributed by atoms with E-state index in [4.69, 9.17) is 18.4 Å². The first kappa shape index (κ1) is 30.9. The molecule has 4 rings (SSSR count). The highest BCUT2D eigenvalue weighted by molar-refractivity contribution is 7.87. The number of urea groups is 1. The second kappa shape index (κ2) is 14.7. The van der Waals surface area contributed by atoms with Crippen LogP contribution in [-0.4, -0.2) is 58.3 Å². The lowest BCUT2D eigenvalue weighted by atomic mass is 10.2. The molecule has 1 aliphatic rings. The molecule has 0 spiro atoms. The average molecular weight is 597 g/mol. The Labute approximate surface area is 246 Å². The summed E-state index contributed by atoms with van der Waals surface area (Å²) in [6.07, 6.45) is 3.24. The summed E-state index contributed by atoms with van der Waals surface area (Å²) in [7, 11) is -2.79. The van der Waals surface area contributed by atoms with Crippen LogP contribution in [0.25, 0.3) is 0 Å². The van der Waals surface area contributed by atoms with Crippen molar-refractivity contribution in [3.05, 3.63) is 83.9 Å². The van der Waals surface area contributed by atoms with Crippen molar-refractivity contribution in [1.82, 2.24) is 4.90 Å². The van der Waals surface area contributed by atoms with Gasteiger partial charge in [0.05, 0.1) is 31.1 Å². The SMILES string of the molecule is CCCCOC(=O)c1ccccc1S(=O)(=O)Oc1ccc(CN(CC2CCCO2)C(=O)Nc2ccccc2OC)cc1. The van der Waals surface area contributed by atoms with Gasteiger partial charge in [0, 0.05) is 19.7 Å². The molecular weight excluding hydrogens is 560 g/mol. The zero-order valence-electron chi connectivity index (χ0n) is 23.8. The van der Waals surface area contributed by atoms with E-state index in [0.717, 1.165) is 24.8 Å². The van der Waals surface area contributed by atoms with Gasteiger partial charge in [0.15, 0.2) is 0 Å². The van der Waals surface area contributed by atoms with Crippen molar-refractivity contribution in [3.8, 4) is 11.5 Å². The summed E-state index contributed by atoms with van der Waals surface area (Å²) >= 11 is 0. The van der Waals surface area contributed by atoms with Crippen LogP contribution >= 0.6 is 0 Å². The second-order valence-corrected chi connectivity index (χ2v) is 11.3. The van der Waals surface area contributed by atoms with Gasteiger partial charge < -0.3 is 28.6 Å². The van der Waals surface area contributed by atoms with Crippen LogP contribution < -0.4 is 14.2 Å². The Morgan fingerprint density at radius 2 is 1.76 bits per heavy atom. The van der Waals surface area contributed by atoms with E-state index in [1.165, 1.54) is 37.4 Å². The zero-order chi connectivity index (χ0) is 30.0. The molecule has 0 aliphatic carbocycles. The van der Waals surface area contributed by atoms with Gasteiger partial charge in [-0.1, -0.05) is 49.7 Å². The first-order chi connectivity index (χ1) is 20.3. The maximum atomic E-state index is 13.3. The molecule has 1 fully saturated rings. The highest BCUT2D eigenvalue weighted by atomic mass is 32.2. The van der Waals surface area contributed by atoms with E-state index in [1.807, 2.05) is 19.1 Å². The normalized spacial score (nSPS) is 14.7. The van der Waals surface area contributed by atoms with Crippen LogP contribution in [0.4, 0.5) is 10.5 Å². The first-order valence-corrected chi connectivity index (χ1v) is 15.3. The summed E-state index contributed by atoms with van der Waals surface area (Å²) in [6, 6.07) is 19.0. The Morgan fingerprint density at radius 3 is 2.48 bits per heavy atom. The molecule has 11 heteroatoms. The third-order valence-electron chi connectivity index (χ3n) is 6.69. The minimum absolute atomic E-state index is 0.0667. The molecule has 1 aliphatic heterocycles. The number of benzene rings is 3. The number of rotatable bonds is 13. The quantitative estimate of drug-likeness (QED) is 0.153. The number of methoxy groups -OCH3 is 1. The lowest BCUT2D eigenvalue weighted by molar-refractivity contribution is 0.0495. The molecule has 1 unspecified atom stereocenters. The van der Waals surface area contributed by atoms with Crippen LogP contribution in [0, 0.1) is 0 Å². The van der Waals surface area contributed by atoms with Crippen LogP contribution in [0.5, 0.6) is 11.5 Å². The number of para-hydroxylation sites is 2. The molecule has 42 heavy (non-hydrogen) atoms. The van der Waals surface area contributed by atoms with Gasteiger partial charge in [-0.25, -0.2) is 9.59 Å². The summed E-state index contributed by atoms with van der Waals surface area (Å²) in [4.78, 5) is 27.2. The maximum Gasteiger partial charge on any atom is 0.340 e. The van der Waals surface area contributed by atoms with Crippen molar-refractivity contribution in [1.29, 1.82) is 0 Å². The molecule has 0 aromatic heterocycles.